The van der Waals surface area contributed by atoms with Gasteiger partial charge in [0.05, 0.1) is 5.69 Å². The molecule has 7 heteroatoms. The molecule has 0 saturated carbocycles. The molecule has 0 aromatic carbocycles. The summed E-state index contributed by atoms with van der Waals surface area (Å²) in [5.41, 5.74) is 0.681. The third-order valence-corrected chi connectivity index (χ3v) is 2.97. The summed E-state index contributed by atoms with van der Waals surface area (Å²) in [6.07, 6.45) is 3.11. The molecule has 0 radical (unpaired) electrons. The molecule has 0 amide bonds. The molecule has 1 saturated heterocycles. The Hall–Kier alpha value is -1.24. The third kappa shape index (κ3) is 3.12. The fourth-order valence-corrected chi connectivity index (χ4v) is 1.95. The van der Waals surface area contributed by atoms with Gasteiger partial charge in [0.2, 0.25) is 0 Å². The van der Waals surface area contributed by atoms with Crippen LogP contribution in [0.4, 0.5) is 0 Å². The van der Waals surface area contributed by atoms with E-state index in [0.717, 1.165) is 6.54 Å². The highest BCUT2D eigenvalue weighted by atomic mass is 35.5. The Morgan fingerprint density at radius 1 is 1.59 bits per heavy atom. The first-order chi connectivity index (χ1) is 8.16. The molecule has 92 valence electrons. The fraction of sp³-hybridized carbons (Fsp3) is 0.500. The van der Waals surface area contributed by atoms with Crippen molar-refractivity contribution in [2.45, 2.75) is 12.6 Å². The lowest BCUT2D eigenvalue weighted by atomic mass is 10.2. The Labute approximate surface area is 104 Å². The van der Waals surface area contributed by atoms with Crippen LogP contribution in [0.1, 0.15) is 5.69 Å². The zero-order valence-electron chi connectivity index (χ0n) is 9.14. The molecule has 1 fully saturated rings. The third-order valence-electron chi connectivity index (χ3n) is 2.65. The van der Waals surface area contributed by atoms with Crippen molar-refractivity contribution in [1.29, 1.82) is 0 Å². The van der Waals surface area contributed by atoms with Crippen molar-refractivity contribution in [1.82, 2.24) is 20.2 Å². The lowest BCUT2D eigenvalue weighted by Gasteiger charge is -2.31. The molecule has 1 aliphatic heterocycles. The van der Waals surface area contributed by atoms with Gasteiger partial charge in [-0.2, -0.15) is 0 Å². The number of carboxylic acid groups (broad SMARTS) is 1. The number of hydrogen-bond donors (Lipinski definition) is 2. The van der Waals surface area contributed by atoms with Gasteiger partial charge in [0, 0.05) is 38.6 Å². The molecule has 2 N–H and O–H groups in total. The van der Waals surface area contributed by atoms with Crippen LogP contribution in [0, 0.1) is 0 Å². The van der Waals surface area contributed by atoms with E-state index in [1.54, 1.807) is 6.20 Å². The summed E-state index contributed by atoms with van der Waals surface area (Å²) in [7, 11) is 0. The largest absolute Gasteiger partial charge is 0.480 e. The average Bonchev–Trinajstić information content (AvgIpc) is 2.32. The van der Waals surface area contributed by atoms with Crippen molar-refractivity contribution in [3.63, 3.8) is 0 Å². The molecule has 6 nitrogen and oxygen atoms in total. The summed E-state index contributed by atoms with van der Waals surface area (Å²) < 4.78 is 0. The topological polar surface area (TPSA) is 78.3 Å². The molecule has 1 aromatic heterocycles. The van der Waals surface area contributed by atoms with Gasteiger partial charge < -0.3 is 10.4 Å². The second-order valence-electron chi connectivity index (χ2n) is 3.87. The van der Waals surface area contributed by atoms with Crippen molar-refractivity contribution in [3.8, 4) is 0 Å². The lowest BCUT2D eigenvalue weighted by Crippen LogP contribution is -2.53. The van der Waals surface area contributed by atoms with Crippen LogP contribution < -0.4 is 5.32 Å². The second-order valence-corrected chi connectivity index (χ2v) is 4.23. The summed E-state index contributed by atoms with van der Waals surface area (Å²) in [6, 6.07) is -0.529. The van der Waals surface area contributed by atoms with Crippen LogP contribution in [0.25, 0.3) is 0 Å². The normalized spacial score (nSPS) is 21.4. The molecular formula is C10H13ClN4O2. The fourth-order valence-electron chi connectivity index (χ4n) is 1.79. The highest BCUT2D eigenvalue weighted by Gasteiger charge is 2.25. The van der Waals surface area contributed by atoms with Crippen LogP contribution in [-0.2, 0) is 11.3 Å². The molecule has 1 aliphatic rings. The Morgan fingerprint density at radius 3 is 3.06 bits per heavy atom. The minimum Gasteiger partial charge on any atom is -0.480 e. The van der Waals surface area contributed by atoms with Crippen LogP contribution in [-0.4, -0.2) is 51.6 Å². The van der Waals surface area contributed by atoms with Crippen molar-refractivity contribution in [2.24, 2.45) is 0 Å². The van der Waals surface area contributed by atoms with Crippen LogP contribution in [0.15, 0.2) is 12.4 Å². The minimum absolute atomic E-state index is 0.373. The first-order valence-electron chi connectivity index (χ1n) is 5.31. The molecule has 1 atom stereocenters. The zero-order chi connectivity index (χ0) is 12.3. The van der Waals surface area contributed by atoms with E-state index in [1.807, 2.05) is 4.90 Å². The number of rotatable bonds is 3. The number of nitrogens with one attached hydrogen (secondary N) is 1. The highest BCUT2D eigenvalue weighted by Crippen LogP contribution is 2.12. The Bertz CT molecular complexity index is 415. The molecule has 1 unspecified atom stereocenters. The number of piperazine rings is 1. The quantitative estimate of drug-likeness (QED) is 0.792. The first-order valence-corrected chi connectivity index (χ1v) is 5.68. The molecular weight excluding hydrogens is 244 g/mol. The van der Waals surface area contributed by atoms with Gasteiger partial charge in [0.1, 0.15) is 6.04 Å². The maximum Gasteiger partial charge on any atom is 0.322 e. The number of aliphatic carboxylic acids is 1. The van der Waals surface area contributed by atoms with E-state index in [1.165, 1.54) is 6.20 Å². The Kier molecular flexibility index (Phi) is 3.88. The summed E-state index contributed by atoms with van der Waals surface area (Å²) >= 11 is 5.91. The Balaban J connectivity index is 1.99. The van der Waals surface area contributed by atoms with Crippen LogP contribution in [0.3, 0.4) is 0 Å². The Morgan fingerprint density at radius 2 is 2.35 bits per heavy atom. The van der Waals surface area contributed by atoms with E-state index in [-0.39, 0.29) is 0 Å². The zero-order valence-corrected chi connectivity index (χ0v) is 9.89. The maximum atomic E-state index is 10.9. The molecule has 0 aliphatic carbocycles. The monoisotopic (exact) mass is 256 g/mol. The van der Waals surface area contributed by atoms with E-state index < -0.39 is 12.0 Å². The average molecular weight is 257 g/mol. The van der Waals surface area contributed by atoms with Gasteiger partial charge in [-0.15, -0.1) is 0 Å². The van der Waals surface area contributed by atoms with E-state index in [4.69, 9.17) is 16.7 Å². The van der Waals surface area contributed by atoms with Gasteiger partial charge in [-0.1, -0.05) is 11.6 Å². The van der Waals surface area contributed by atoms with E-state index in [2.05, 4.69) is 15.3 Å². The lowest BCUT2D eigenvalue weighted by molar-refractivity contribution is -0.140. The molecule has 17 heavy (non-hydrogen) atoms. The van der Waals surface area contributed by atoms with Gasteiger partial charge in [0.25, 0.3) is 0 Å². The van der Waals surface area contributed by atoms with Crippen molar-refractivity contribution in [3.05, 3.63) is 23.2 Å². The predicted molar refractivity (Wildman–Crippen MR) is 61.7 cm³/mol. The number of aromatic nitrogens is 2. The van der Waals surface area contributed by atoms with E-state index in [0.29, 0.717) is 30.5 Å². The summed E-state index contributed by atoms with van der Waals surface area (Å²) in [6.45, 7) is 2.39. The van der Waals surface area contributed by atoms with Gasteiger partial charge in [-0.3, -0.25) is 14.7 Å². The predicted octanol–water partition coefficient (Wildman–Crippen LogP) is -0.0116. The summed E-state index contributed by atoms with van der Waals surface area (Å²) in [5, 5.41) is 12.2. The molecule has 0 bridgehead atoms. The van der Waals surface area contributed by atoms with Gasteiger partial charge in [-0.05, 0) is 0 Å². The SMILES string of the molecule is O=C(O)C1CN(Cc2nccnc2Cl)CCN1. The maximum absolute atomic E-state index is 10.9. The minimum atomic E-state index is -0.833. The van der Waals surface area contributed by atoms with Gasteiger partial charge >= 0.3 is 5.97 Å². The van der Waals surface area contributed by atoms with Gasteiger partial charge in [-0.25, -0.2) is 4.98 Å². The summed E-state index contributed by atoms with van der Waals surface area (Å²) in [4.78, 5) is 21.0. The van der Waals surface area contributed by atoms with E-state index in [9.17, 15) is 4.79 Å². The van der Waals surface area contributed by atoms with Crippen molar-refractivity contribution in [2.75, 3.05) is 19.6 Å². The molecule has 1 aromatic rings. The molecule has 2 heterocycles. The smallest absolute Gasteiger partial charge is 0.322 e. The van der Waals surface area contributed by atoms with E-state index >= 15 is 0 Å². The first kappa shape index (κ1) is 12.2. The number of halogens is 1. The number of carbonyl (C=O) groups is 1. The number of carboxylic acids is 1. The second kappa shape index (κ2) is 5.39. The molecule has 0 spiro atoms. The summed E-state index contributed by atoms with van der Waals surface area (Å²) in [5.74, 6) is -0.833. The standard InChI is InChI=1S/C10H13ClN4O2/c11-9-7(12-1-2-14-9)5-15-4-3-13-8(6-15)10(16)17/h1-2,8,13H,3-6H2,(H,16,17). The van der Waals surface area contributed by atoms with Crippen molar-refractivity contribution >= 4 is 17.6 Å². The van der Waals surface area contributed by atoms with Crippen LogP contribution >= 0.6 is 11.6 Å². The number of nitrogens with zero attached hydrogens (tertiary/aromatic N) is 3. The van der Waals surface area contributed by atoms with Crippen molar-refractivity contribution < 1.29 is 9.90 Å². The van der Waals surface area contributed by atoms with Gasteiger partial charge in [0.15, 0.2) is 5.15 Å². The highest BCUT2D eigenvalue weighted by molar-refractivity contribution is 6.29. The van der Waals surface area contributed by atoms with Crippen LogP contribution in [0.2, 0.25) is 5.15 Å². The molecule has 2 rings (SSSR count). The van der Waals surface area contributed by atoms with Crippen LogP contribution in [0.5, 0.6) is 0 Å². The number of hydrogen-bond acceptors (Lipinski definition) is 5.